The van der Waals surface area contributed by atoms with E-state index >= 15 is 0 Å². The van der Waals surface area contributed by atoms with Crippen molar-refractivity contribution in [1.29, 1.82) is 0 Å². The number of rotatable bonds is 3. The first kappa shape index (κ1) is 11.9. The zero-order valence-corrected chi connectivity index (χ0v) is 9.77. The lowest BCUT2D eigenvalue weighted by molar-refractivity contribution is 0.102. The third-order valence-corrected chi connectivity index (χ3v) is 2.35. The Hall–Kier alpha value is -2.56. The van der Waals surface area contributed by atoms with E-state index < -0.39 is 0 Å². The number of aromatic amines is 1. The highest BCUT2D eigenvalue weighted by molar-refractivity contribution is 6.02. The molecule has 92 valence electrons. The summed E-state index contributed by atoms with van der Waals surface area (Å²) in [5.41, 5.74) is 0.596. The quantitative estimate of drug-likeness (QED) is 0.862. The van der Waals surface area contributed by atoms with Crippen LogP contribution in [0.2, 0.25) is 0 Å². The molecule has 1 amide bonds. The molecule has 0 saturated carbocycles. The van der Waals surface area contributed by atoms with Crippen molar-refractivity contribution in [3.8, 4) is 5.75 Å². The van der Waals surface area contributed by atoms with Gasteiger partial charge in [-0.1, -0.05) is 6.07 Å². The Morgan fingerprint density at radius 3 is 2.83 bits per heavy atom. The van der Waals surface area contributed by atoms with Crippen LogP contribution in [0.15, 0.2) is 47.4 Å². The Labute approximate surface area is 103 Å². The van der Waals surface area contributed by atoms with E-state index in [1.165, 1.54) is 18.3 Å². The summed E-state index contributed by atoms with van der Waals surface area (Å²) in [4.78, 5) is 25.7. The van der Waals surface area contributed by atoms with Crippen molar-refractivity contribution in [2.24, 2.45) is 0 Å². The van der Waals surface area contributed by atoms with E-state index in [4.69, 9.17) is 4.74 Å². The number of nitrogens with one attached hydrogen (secondary N) is 2. The fraction of sp³-hybridized carbons (Fsp3) is 0.0769. The number of carbonyl (C=O) groups excluding carboxylic acids is 1. The Balaban J connectivity index is 2.18. The molecule has 1 aromatic heterocycles. The molecule has 1 aromatic carbocycles. The van der Waals surface area contributed by atoms with Crippen molar-refractivity contribution in [3.05, 3.63) is 58.5 Å². The van der Waals surface area contributed by atoms with Crippen LogP contribution in [0.25, 0.3) is 0 Å². The minimum Gasteiger partial charge on any atom is -0.497 e. The van der Waals surface area contributed by atoms with Crippen molar-refractivity contribution in [2.45, 2.75) is 0 Å². The number of amides is 1. The maximum Gasteiger partial charge on any atom is 0.272 e. The molecular weight excluding hydrogens is 232 g/mol. The summed E-state index contributed by atoms with van der Waals surface area (Å²) in [6.07, 6.45) is 1.43. The lowest BCUT2D eigenvalue weighted by Gasteiger charge is -2.06. The first-order chi connectivity index (χ1) is 8.69. The van der Waals surface area contributed by atoms with Crippen LogP contribution in [-0.2, 0) is 0 Å². The lowest BCUT2D eigenvalue weighted by Crippen LogP contribution is -2.16. The molecule has 1 heterocycles. The molecule has 2 aromatic rings. The minimum absolute atomic E-state index is 0.213. The lowest BCUT2D eigenvalue weighted by atomic mass is 10.2. The van der Waals surface area contributed by atoms with Gasteiger partial charge in [-0.05, 0) is 12.1 Å². The van der Waals surface area contributed by atoms with Gasteiger partial charge in [0.05, 0.1) is 7.11 Å². The van der Waals surface area contributed by atoms with Crippen LogP contribution in [0.4, 0.5) is 5.69 Å². The fourth-order valence-electron chi connectivity index (χ4n) is 1.48. The van der Waals surface area contributed by atoms with Gasteiger partial charge >= 0.3 is 0 Å². The molecule has 0 spiro atoms. The van der Waals surface area contributed by atoms with Gasteiger partial charge in [0.15, 0.2) is 5.43 Å². The number of pyridine rings is 1. The van der Waals surface area contributed by atoms with Crippen molar-refractivity contribution in [2.75, 3.05) is 12.4 Å². The standard InChI is InChI=1S/C13H12N2O3/c1-18-11-4-2-3-9(7-11)15-13(17)12-8-10(16)5-6-14-12/h2-8H,1H3,(H,14,16)(H,15,17). The van der Waals surface area contributed by atoms with Gasteiger partial charge < -0.3 is 15.0 Å². The Kier molecular flexibility index (Phi) is 3.43. The molecular formula is C13H12N2O3. The normalized spacial score (nSPS) is 9.83. The molecule has 0 radical (unpaired) electrons. The second-order valence-electron chi connectivity index (χ2n) is 3.62. The van der Waals surface area contributed by atoms with Crippen LogP contribution >= 0.6 is 0 Å². The van der Waals surface area contributed by atoms with Crippen molar-refractivity contribution in [1.82, 2.24) is 4.98 Å². The van der Waals surface area contributed by atoms with Gasteiger partial charge in [-0.15, -0.1) is 0 Å². The predicted molar refractivity (Wildman–Crippen MR) is 68.0 cm³/mol. The molecule has 0 aliphatic rings. The number of hydrogen-bond donors (Lipinski definition) is 2. The van der Waals surface area contributed by atoms with Crippen LogP contribution in [-0.4, -0.2) is 18.0 Å². The summed E-state index contributed by atoms with van der Waals surface area (Å²) in [7, 11) is 1.55. The Morgan fingerprint density at radius 2 is 2.11 bits per heavy atom. The van der Waals surface area contributed by atoms with Crippen molar-refractivity contribution >= 4 is 11.6 Å². The van der Waals surface area contributed by atoms with Gasteiger partial charge in [0.25, 0.3) is 5.91 Å². The van der Waals surface area contributed by atoms with Crippen LogP contribution in [0, 0.1) is 0 Å². The van der Waals surface area contributed by atoms with Gasteiger partial charge in [0, 0.05) is 30.1 Å². The summed E-state index contributed by atoms with van der Waals surface area (Å²) in [6, 6.07) is 9.57. The van der Waals surface area contributed by atoms with Crippen molar-refractivity contribution < 1.29 is 9.53 Å². The van der Waals surface area contributed by atoms with Crippen LogP contribution in [0.5, 0.6) is 5.75 Å². The average Bonchev–Trinajstić information content (AvgIpc) is 2.39. The van der Waals surface area contributed by atoms with Gasteiger partial charge in [0.1, 0.15) is 11.4 Å². The summed E-state index contributed by atoms with van der Waals surface area (Å²) < 4.78 is 5.05. The maximum atomic E-state index is 11.8. The molecule has 2 rings (SSSR count). The minimum atomic E-state index is -0.374. The molecule has 0 saturated heterocycles. The van der Waals surface area contributed by atoms with Crippen LogP contribution < -0.4 is 15.5 Å². The summed E-state index contributed by atoms with van der Waals surface area (Å²) in [6.45, 7) is 0. The zero-order valence-electron chi connectivity index (χ0n) is 9.77. The second kappa shape index (κ2) is 5.18. The van der Waals surface area contributed by atoms with Crippen LogP contribution in [0.1, 0.15) is 10.5 Å². The van der Waals surface area contributed by atoms with Crippen LogP contribution in [0.3, 0.4) is 0 Å². The van der Waals surface area contributed by atoms with E-state index in [-0.39, 0.29) is 17.0 Å². The molecule has 18 heavy (non-hydrogen) atoms. The zero-order chi connectivity index (χ0) is 13.0. The van der Waals surface area contributed by atoms with E-state index in [1.54, 1.807) is 31.4 Å². The van der Waals surface area contributed by atoms with E-state index in [0.717, 1.165) is 0 Å². The largest absolute Gasteiger partial charge is 0.497 e. The van der Waals surface area contributed by atoms with Gasteiger partial charge in [-0.3, -0.25) is 9.59 Å². The maximum absolute atomic E-state index is 11.8. The van der Waals surface area contributed by atoms with Crippen molar-refractivity contribution in [3.63, 3.8) is 0 Å². The molecule has 0 fully saturated rings. The van der Waals surface area contributed by atoms with E-state index in [0.29, 0.717) is 11.4 Å². The number of H-pyrrole nitrogens is 1. The number of benzene rings is 1. The van der Waals surface area contributed by atoms with Gasteiger partial charge in [0.2, 0.25) is 0 Å². The first-order valence-electron chi connectivity index (χ1n) is 5.33. The second-order valence-corrected chi connectivity index (χ2v) is 3.62. The predicted octanol–water partition coefficient (Wildman–Crippen LogP) is 1.64. The van der Waals surface area contributed by atoms with Gasteiger partial charge in [-0.2, -0.15) is 0 Å². The highest BCUT2D eigenvalue weighted by Gasteiger charge is 2.07. The average molecular weight is 244 g/mol. The number of methoxy groups -OCH3 is 1. The first-order valence-corrected chi connectivity index (χ1v) is 5.33. The number of hydrogen-bond acceptors (Lipinski definition) is 3. The molecule has 0 bridgehead atoms. The summed E-state index contributed by atoms with van der Waals surface area (Å²) >= 11 is 0. The van der Waals surface area contributed by atoms with E-state index in [2.05, 4.69) is 10.3 Å². The van der Waals surface area contributed by atoms with E-state index in [1.807, 2.05) is 0 Å². The Bertz CT molecular complexity index is 619. The topological polar surface area (TPSA) is 71.2 Å². The fourth-order valence-corrected chi connectivity index (χ4v) is 1.48. The number of aromatic nitrogens is 1. The Morgan fingerprint density at radius 1 is 1.28 bits per heavy atom. The highest BCUT2D eigenvalue weighted by Crippen LogP contribution is 2.16. The third kappa shape index (κ3) is 2.76. The monoisotopic (exact) mass is 244 g/mol. The molecule has 5 heteroatoms. The van der Waals surface area contributed by atoms with E-state index in [9.17, 15) is 9.59 Å². The highest BCUT2D eigenvalue weighted by atomic mass is 16.5. The third-order valence-electron chi connectivity index (χ3n) is 2.35. The summed E-state index contributed by atoms with van der Waals surface area (Å²) in [5.74, 6) is 0.273. The number of anilines is 1. The number of carbonyl (C=O) groups is 1. The van der Waals surface area contributed by atoms with Gasteiger partial charge in [-0.25, -0.2) is 0 Å². The summed E-state index contributed by atoms with van der Waals surface area (Å²) in [5, 5.41) is 2.67. The molecule has 0 atom stereocenters. The molecule has 5 nitrogen and oxygen atoms in total. The SMILES string of the molecule is COc1cccc(NC(=O)c2cc(=O)cc[nH]2)c1. The number of ether oxygens (including phenoxy) is 1. The molecule has 0 unspecified atom stereocenters. The molecule has 0 aliphatic heterocycles. The molecule has 2 N–H and O–H groups in total. The smallest absolute Gasteiger partial charge is 0.272 e. The molecule has 0 aliphatic carbocycles.